The van der Waals surface area contributed by atoms with Crippen molar-refractivity contribution in [1.82, 2.24) is 5.32 Å². The second-order valence-electron chi connectivity index (χ2n) is 19.7. The molecule has 0 aromatic carbocycles. The van der Waals surface area contributed by atoms with E-state index in [1.807, 2.05) is 6.08 Å². The minimum absolute atomic E-state index is 0.0950. The predicted octanol–water partition coefficient (Wildman–Crippen LogP) is 12.7. The van der Waals surface area contributed by atoms with Crippen LogP contribution in [0.5, 0.6) is 0 Å². The van der Waals surface area contributed by atoms with Crippen molar-refractivity contribution in [2.45, 2.75) is 288 Å². The maximum Gasteiger partial charge on any atom is 0.306 e. The summed E-state index contributed by atoms with van der Waals surface area (Å²) < 4.78 is 17.5. The molecule has 11 nitrogen and oxygen atoms in total. The zero-order chi connectivity index (χ0) is 51.1. The number of nitrogens with one attached hydrogen (secondary N) is 1. The van der Waals surface area contributed by atoms with Gasteiger partial charge in [-0.1, -0.05) is 204 Å². The van der Waals surface area contributed by atoms with Crippen LogP contribution >= 0.6 is 0 Å². The highest BCUT2D eigenvalue weighted by Gasteiger charge is 2.47. The zero-order valence-corrected chi connectivity index (χ0v) is 44.6. The van der Waals surface area contributed by atoms with Crippen LogP contribution < -0.4 is 5.32 Å². The molecule has 0 radical (unpaired) electrons. The number of allylic oxidation sites excluding steroid dienone is 9. The van der Waals surface area contributed by atoms with Crippen molar-refractivity contribution in [3.8, 4) is 0 Å². The summed E-state index contributed by atoms with van der Waals surface area (Å²) in [7, 11) is 0. The lowest BCUT2D eigenvalue weighted by Crippen LogP contribution is -2.61. The first-order valence-electron chi connectivity index (χ1n) is 28.6. The minimum atomic E-state index is -1.63. The van der Waals surface area contributed by atoms with Crippen molar-refractivity contribution >= 4 is 11.9 Å². The van der Waals surface area contributed by atoms with Crippen LogP contribution in [0.15, 0.2) is 60.8 Å². The average Bonchev–Trinajstić information content (AvgIpc) is 3.36. The van der Waals surface area contributed by atoms with Crippen LogP contribution in [0.3, 0.4) is 0 Å². The smallest absolute Gasteiger partial charge is 0.306 e. The van der Waals surface area contributed by atoms with Crippen LogP contribution in [0.2, 0.25) is 0 Å². The number of hydrogen-bond acceptors (Lipinski definition) is 10. The Kier molecular flexibility index (Phi) is 44.2. The van der Waals surface area contributed by atoms with E-state index in [0.717, 1.165) is 83.5 Å². The molecule has 1 aliphatic heterocycles. The van der Waals surface area contributed by atoms with Gasteiger partial charge >= 0.3 is 5.97 Å². The lowest BCUT2D eigenvalue weighted by molar-refractivity contribution is -0.305. The van der Waals surface area contributed by atoms with Crippen molar-refractivity contribution in [1.29, 1.82) is 0 Å². The van der Waals surface area contributed by atoms with Gasteiger partial charge in [0.2, 0.25) is 5.91 Å². The maximum absolute atomic E-state index is 13.3. The first-order chi connectivity index (χ1) is 34.2. The highest BCUT2D eigenvalue weighted by Crippen LogP contribution is 2.26. The van der Waals surface area contributed by atoms with Crippen molar-refractivity contribution in [2.75, 3.05) is 13.2 Å². The Morgan fingerprint density at radius 2 is 0.986 bits per heavy atom. The minimum Gasteiger partial charge on any atom is -0.454 e. The van der Waals surface area contributed by atoms with E-state index in [9.17, 15) is 35.1 Å². The van der Waals surface area contributed by atoms with Gasteiger partial charge in [-0.05, 0) is 89.9 Å². The summed E-state index contributed by atoms with van der Waals surface area (Å²) in [4.78, 5) is 26.4. The van der Waals surface area contributed by atoms with E-state index in [2.05, 4.69) is 74.7 Å². The Bertz CT molecular complexity index is 1370. The molecule has 1 fully saturated rings. The molecule has 0 spiro atoms. The van der Waals surface area contributed by atoms with Crippen molar-refractivity contribution in [2.24, 2.45) is 0 Å². The number of esters is 1. The van der Waals surface area contributed by atoms with Crippen LogP contribution in [-0.4, -0.2) is 99.6 Å². The molecular weight excluding hydrogens is 883 g/mol. The van der Waals surface area contributed by atoms with Crippen LogP contribution in [0.1, 0.15) is 239 Å². The zero-order valence-electron chi connectivity index (χ0n) is 44.6. The molecule has 0 saturated carbocycles. The van der Waals surface area contributed by atoms with Gasteiger partial charge in [0, 0.05) is 6.42 Å². The third-order valence-corrected chi connectivity index (χ3v) is 13.1. The standard InChI is InChI=1S/C59H105NO10/c1-4-7-10-13-16-19-22-24-25-26-27-29-32-35-38-41-44-47-54(64)70-57-56(66)55(65)53(48-61)69-59(57)68-49-50(51(62)45-42-39-36-33-30-21-18-15-12-9-6-3)60-58(67)52(63)46-43-40-37-34-31-28-23-20-17-14-11-8-5-2/h16,19,24-25,27,29,31,34,42,45,50-53,55-57,59,61-63,65-66H,4-15,17-18,20-23,26,28,30,32-33,35-41,43-44,46-49H2,1-3H3,(H,60,67)/b19-16-,25-24-,29-27-,34-31-,45-42+. The van der Waals surface area contributed by atoms with Crippen LogP contribution in [0.25, 0.3) is 0 Å². The van der Waals surface area contributed by atoms with Gasteiger partial charge in [0.25, 0.3) is 0 Å². The summed E-state index contributed by atoms with van der Waals surface area (Å²) in [6.07, 6.45) is 46.9. The molecule has 6 N–H and O–H groups in total. The van der Waals surface area contributed by atoms with E-state index in [4.69, 9.17) is 14.2 Å². The Balaban J connectivity index is 2.75. The summed E-state index contributed by atoms with van der Waals surface area (Å²) in [6, 6.07) is -1.04. The van der Waals surface area contributed by atoms with E-state index in [0.29, 0.717) is 12.8 Å². The maximum atomic E-state index is 13.3. The number of aliphatic hydroxyl groups is 5. The highest BCUT2D eigenvalue weighted by molar-refractivity contribution is 5.80. The number of amides is 1. The molecule has 1 heterocycles. The number of hydrogen-bond donors (Lipinski definition) is 6. The van der Waals surface area contributed by atoms with E-state index < -0.39 is 67.4 Å². The Hall–Kier alpha value is -2.64. The molecule has 0 aromatic rings. The van der Waals surface area contributed by atoms with Crippen LogP contribution in [-0.2, 0) is 23.8 Å². The number of aliphatic hydroxyl groups excluding tert-OH is 5. The lowest BCUT2D eigenvalue weighted by Gasteiger charge is -2.41. The SMILES string of the molecule is CCCCC/C=C\C/C=C\C/C=C\CCCCCCC(=O)OC1C(OCC(NC(=O)C(O)CCCC/C=C\CCCCCCCCC)C(O)/C=C/CCCCCCCCCCC)OC(CO)C(O)C1O. The fourth-order valence-corrected chi connectivity index (χ4v) is 8.53. The molecule has 11 heteroatoms. The van der Waals surface area contributed by atoms with E-state index in [-0.39, 0.29) is 19.4 Å². The average molecular weight is 988 g/mol. The number of unbranched alkanes of at least 4 members (excludes halogenated alkanes) is 25. The molecule has 1 aliphatic rings. The third kappa shape index (κ3) is 35.5. The summed E-state index contributed by atoms with van der Waals surface area (Å²) >= 11 is 0. The van der Waals surface area contributed by atoms with E-state index >= 15 is 0 Å². The third-order valence-electron chi connectivity index (χ3n) is 13.1. The fraction of sp³-hybridized carbons (Fsp3) is 0.797. The number of carbonyl (C=O) groups is 2. The molecule has 8 atom stereocenters. The Morgan fingerprint density at radius 1 is 0.557 bits per heavy atom. The fourth-order valence-electron chi connectivity index (χ4n) is 8.53. The molecule has 1 saturated heterocycles. The lowest BCUT2D eigenvalue weighted by atomic mass is 9.99. The second kappa shape index (κ2) is 47.4. The summed E-state index contributed by atoms with van der Waals surface area (Å²) in [5, 5.41) is 56.7. The first kappa shape index (κ1) is 65.4. The first-order valence-corrected chi connectivity index (χ1v) is 28.6. The van der Waals surface area contributed by atoms with E-state index in [1.54, 1.807) is 6.08 Å². The summed E-state index contributed by atoms with van der Waals surface area (Å²) in [5.41, 5.74) is 0. The molecule has 70 heavy (non-hydrogen) atoms. The summed E-state index contributed by atoms with van der Waals surface area (Å²) in [5.74, 6) is -1.24. The molecule has 0 aliphatic carbocycles. The monoisotopic (exact) mass is 988 g/mol. The van der Waals surface area contributed by atoms with Gasteiger partial charge in [-0.25, -0.2) is 0 Å². The number of ether oxygens (including phenoxy) is 3. The predicted molar refractivity (Wildman–Crippen MR) is 287 cm³/mol. The molecular formula is C59H105NO10. The summed E-state index contributed by atoms with van der Waals surface area (Å²) in [6.45, 7) is 5.71. The van der Waals surface area contributed by atoms with Crippen molar-refractivity contribution < 1.29 is 49.3 Å². The van der Waals surface area contributed by atoms with E-state index in [1.165, 1.54) is 109 Å². The van der Waals surface area contributed by atoms with Gasteiger partial charge in [0.1, 0.15) is 24.4 Å². The van der Waals surface area contributed by atoms with Gasteiger partial charge in [-0.15, -0.1) is 0 Å². The highest BCUT2D eigenvalue weighted by atomic mass is 16.7. The van der Waals surface area contributed by atoms with Gasteiger partial charge in [0.15, 0.2) is 12.4 Å². The van der Waals surface area contributed by atoms with Gasteiger partial charge in [-0.3, -0.25) is 9.59 Å². The quantitative estimate of drug-likeness (QED) is 0.0196. The van der Waals surface area contributed by atoms with Gasteiger partial charge in [0.05, 0.1) is 25.4 Å². The van der Waals surface area contributed by atoms with Crippen molar-refractivity contribution in [3.63, 3.8) is 0 Å². The number of carbonyl (C=O) groups excluding carboxylic acids is 2. The molecule has 8 unspecified atom stereocenters. The van der Waals surface area contributed by atoms with Gasteiger partial charge in [-0.2, -0.15) is 0 Å². The molecule has 1 amide bonds. The molecule has 0 bridgehead atoms. The normalized spacial score (nSPS) is 20.1. The molecule has 406 valence electrons. The van der Waals surface area contributed by atoms with Crippen LogP contribution in [0, 0.1) is 0 Å². The number of rotatable bonds is 47. The topological polar surface area (TPSA) is 175 Å². The Labute approximate surface area is 427 Å². The van der Waals surface area contributed by atoms with Crippen molar-refractivity contribution in [3.05, 3.63) is 60.8 Å². The molecule has 0 aromatic heterocycles. The van der Waals surface area contributed by atoms with Crippen LogP contribution in [0.4, 0.5) is 0 Å². The largest absolute Gasteiger partial charge is 0.454 e. The Morgan fingerprint density at radius 3 is 1.51 bits per heavy atom. The van der Waals surface area contributed by atoms with Gasteiger partial charge < -0.3 is 45.1 Å². The second-order valence-corrected chi connectivity index (χ2v) is 19.7. The molecule has 1 rings (SSSR count).